The van der Waals surface area contributed by atoms with E-state index in [1.807, 2.05) is 48.7 Å². The Bertz CT molecular complexity index is 1630. The van der Waals surface area contributed by atoms with Crippen LogP contribution in [0.25, 0.3) is 32.6 Å². The van der Waals surface area contributed by atoms with E-state index >= 15 is 0 Å². The summed E-state index contributed by atoms with van der Waals surface area (Å²) < 4.78 is 0. The van der Waals surface area contributed by atoms with E-state index in [1.54, 1.807) is 12.1 Å². The Labute approximate surface area is 213 Å². The number of thiazole rings is 1. The quantitative estimate of drug-likeness (QED) is 0.255. The SMILES string of the molecule is Cc1ccc(-c2c(C#N)c(N)nc3sc(C(=O)Nc4nc(-c5ccc(Cl)cc5)cs4)c(N)c23)cc1. The molecule has 0 unspecified atom stereocenters. The number of nitrogens with zero attached hydrogens (tertiary/aromatic N) is 3. The minimum absolute atomic E-state index is 0.0938. The lowest BCUT2D eigenvalue weighted by Crippen LogP contribution is -2.11. The molecule has 0 bridgehead atoms. The van der Waals surface area contributed by atoms with Crippen LogP contribution in [0.5, 0.6) is 0 Å². The van der Waals surface area contributed by atoms with Gasteiger partial charge in [-0.1, -0.05) is 53.6 Å². The number of halogens is 1. The van der Waals surface area contributed by atoms with Crippen LogP contribution in [0, 0.1) is 18.3 Å². The topological polar surface area (TPSA) is 131 Å². The van der Waals surface area contributed by atoms with Gasteiger partial charge in [0.15, 0.2) is 5.13 Å². The molecule has 0 radical (unpaired) electrons. The van der Waals surface area contributed by atoms with Crippen LogP contribution in [0.3, 0.4) is 0 Å². The summed E-state index contributed by atoms with van der Waals surface area (Å²) in [6, 6.07) is 17.1. The maximum atomic E-state index is 13.2. The van der Waals surface area contributed by atoms with Gasteiger partial charge >= 0.3 is 0 Å². The summed E-state index contributed by atoms with van der Waals surface area (Å²) in [5.74, 6) is -0.314. The number of nitriles is 1. The van der Waals surface area contributed by atoms with Gasteiger partial charge in [0.25, 0.3) is 5.91 Å². The Morgan fingerprint density at radius 2 is 1.74 bits per heavy atom. The zero-order chi connectivity index (χ0) is 24.7. The van der Waals surface area contributed by atoms with Crippen molar-refractivity contribution in [2.75, 3.05) is 16.8 Å². The zero-order valence-electron chi connectivity index (χ0n) is 18.3. The Hall–Kier alpha value is -3.97. The lowest BCUT2D eigenvalue weighted by atomic mass is 9.96. The fourth-order valence-corrected chi connectivity index (χ4v) is 5.55. The van der Waals surface area contributed by atoms with Gasteiger partial charge in [-0.05, 0) is 24.6 Å². The van der Waals surface area contributed by atoms with E-state index in [0.29, 0.717) is 25.9 Å². The maximum Gasteiger partial charge on any atom is 0.269 e. The monoisotopic (exact) mass is 516 g/mol. The van der Waals surface area contributed by atoms with E-state index in [2.05, 4.69) is 21.4 Å². The van der Waals surface area contributed by atoms with Crippen molar-refractivity contribution in [2.45, 2.75) is 6.92 Å². The summed E-state index contributed by atoms with van der Waals surface area (Å²) in [6.45, 7) is 1.98. The van der Waals surface area contributed by atoms with Crippen molar-refractivity contribution in [3.63, 3.8) is 0 Å². The van der Waals surface area contributed by atoms with Crippen LogP contribution in [0.1, 0.15) is 20.8 Å². The lowest BCUT2D eigenvalue weighted by molar-refractivity contribution is 0.103. The van der Waals surface area contributed by atoms with Gasteiger partial charge in [0.05, 0.1) is 11.4 Å². The van der Waals surface area contributed by atoms with Crippen LogP contribution >= 0.6 is 34.3 Å². The number of carbonyl (C=O) groups is 1. The number of amides is 1. The standard InChI is InChI=1S/C25H17ClN6OS2/c1-12-2-4-14(5-3-12)18-16(10-27)22(29)31-24-19(18)20(28)21(35-24)23(33)32-25-30-17(11-34-25)13-6-8-15(26)9-7-13/h2-9,11H,28H2,1H3,(H2,29,31)(H,30,32,33). The van der Waals surface area contributed by atoms with E-state index < -0.39 is 5.91 Å². The van der Waals surface area contributed by atoms with E-state index in [0.717, 1.165) is 33.7 Å². The molecule has 2 aromatic carbocycles. The number of hydrogen-bond donors (Lipinski definition) is 3. The molecule has 35 heavy (non-hydrogen) atoms. The van der Waals surface area contributed by atoms with Gasteiger partial charge in [-0.15, -0.1) is 22.7 Å². The molecule has 5 aromatic rings. The molecule has 3 aromatic heterocycles. The van der Waals surface area contributed by atoms with Crippen LogP contribution in [-0.2, 0) is 0 Å². The molecule has 0 aliphatic heterocycles. The summed E-state index contributed by atoms with van der Waals surface area (Å²) in [5.41, 5.74) is 17.1. The number of hydrogen-bond acceptors (Lipinski definition) is 8. The molecule has 5 rings (SSSR count). The van der Waals surface area contributed by atoms with Crippen molar-refractivity contribution in [2.24, 2.45) is 0 Å². The molecule has 0 spiro atoms. The second-order valence-corrected chi connectivity index (χ2v) is 10.0. The summed E-state index contributed by atoms with van der Waals surface area (Å²) >= 11 is 8.39. The molecule has 0 atom stereocenters. The Kier molecular flexibility index (Phi) is 5.86. The number of rotatable bonds is 4. The molecule has 5 N–H and O–H groups in total. The number of nitrogens with two attached hydrogens (primary N) is 2. The van der Waals surface area contributed by atoms with Crippen molar-refractivity contribution in [1.29, 1.82) is 5.26 Å². The lowest BCUT2D eigenvalue weighted by Gasteiger charge is -2.10. The fourth-order valence-electron chi connectivity index (χ4n) is 3.70. The molecule has 3 heterocycles. The van der Waals surface area contributed by atoms with Gasteiger partial charge in [-0.2, -0.15) is 5.26 Å². The second-order valence-electron chi connectivity index (χ2n) is 7.75. The average Bonchev–Trinajstić information content (AvgIpc) is 3.43. The molecule has 172 valence electrons. The Balaban J connectivity index is 1.54. The first kappa shape index (κ1) is 22.8. The average molecular weight is 517 g/mol. The number of nitrogens with one attached hydrogen (secondary N) is 1. The molecule has 0 saturated heterocycles. The first-order chi connectivity index (χ1) is 16.9. The highest BCUT2D eigenvalue weighted by Gasteiger charge is 2.24. The summed E-state index contributed by atoms with van der Waals surface area (Å²) in [4.78, 5) is 22.8. The normalized spacial score (nSPS) is 10.9. The summed E-state index contributed by atoms with van der Waals surface area (Å²) in [5, 5.41) is 16.1. The van der Waals surface area contributed by atoms with Gasteiger partial charge < -0.3 is 11.5 Å². The second kappa shape index (κ2) is 9.00. The number of pyridine rings is 1. The van der Waals surface area contributed by atoms with Crippen LogP contribution in [0.15, 0.2) is 53.9 Å². The van der Waals surface area contributed by atoms with E-state index in [4.69, 9.17) is 23.1 Å². The first-order valence-electron chi connectivity index (χ1n) is 10.4. The highest BCUT2D eigenvalue weighted by atomic mass is 35.5. The third kappa shape index (κ3) is 4.19. The van der Waals surface area contributed by atoms with Gasteiger partial charge in [0.2, 0.25) is 0 Å². The minimum atomic E-state index is -0.408. The van der Waals surface area contributed by atoms with Crippen LogP contribution < -0.4 is 16.8 Å². The largest absolute Gasteiger partial charge is 0.397 e. The molecule has 0 aliphatic carbocycles. The molecule has 0 saturated carbocycles. The van der Waals surface area contributed by atoms with Gasteiger partial charge in [0, 0.05) is 26.9 Å². The third-order valence-corrected chi connectivity index (χ3v) is 7.54. The fraction of sp³-hybridized carbons (Fsp3) is 0.0400. The van der Waals surface area contributed by atoms with Crippen molar-refractivity contribution in [3.8, 4) is 28.5 Å². The number of benzene rings is 2. The number of fused-ring (bicyclic) bond motifs is 1. The van der Waals surface area contributed by atoms with Crippen molar-refractivity contribution < 1.29 is 4.79 Å². The van der Waals surface area contributed by atoms with Crippen LogP contribution in [0.2, 0.25) is 5.02 Å². The van der Waals surface area contributed by atoms with E-state index in [1.165, 1.54) is 11.3 Å². The number of anilines is 3. The molecule has 1 amide bonds. The molecular weight excluding hydrogens is 500 g/mol. The maximum absolute atomic E-state index is 13.2. The number of thiophene rings is 1. The number of nitrogen functional groups attached to an aromatic ring is 2. The zero-order valence-corrected chi connectivity index (χ0v) is 20.7. The van der Waals surface area contributed by atoms with Crippen molar-refractivity contribution in [3.05, 3.63) is 74.9 Å². The molecule has 10 heteroatoms. The third-order valence-electron chi connectivity index (χ3n) is 5.43. The predicted octanol–water partition coefficient (Wildman–Crippen LogP) is 6.34. The van der Waals surface area contributed by atoms with Gasteiger partial charge in [0.1, 0.15) is 27.2 Å². The predicted molar refractivity (Wildman–Crippen MR) is 144 cm³/mol. The molecule has 7 nitrogen and oxygen atoms in total. The minimum Gasteiger partial charge on any atom is -0.397 e. The Morgan fingerprint density at radius 1 is 1.06 bits per heavy atom. The first-order valence-corrected chi connectivity index (χ1v) is 12.4. The van der Waals surface area contributed by atoms with Crippen LogP contribution in [0.4, 0.5) is 16.6 Å². The molecule has 0 aliphatic rings. The van der Waals surface area contributed by atoms with Crippen molar-refractivity contribution in [1.82, 2.24) is 9.97 Å². The highest BCUT2D eigenvalue weighted by Crippen LogP contribution is 2.43. The van der Waals surface area contributed by atoms with E-state index in [-0.39, 0.29) is 21.9 Å². The van der Waals surface area contributed by atoms with Crippen LogP contribution in [-0.4, -0.2) is 15.9 Å². The van der Waals surface area contributed by atoms with Crippen molar-refractivity contribution >= 4 is 67.0 Å². The summed E-state index contributed by atoms with van der Waals surface area (Å²) in [6.07, 6.45) is 0. The summed E-state index contributed by atoms with van der Waals surface area (Å²) in [7, 11) is 0. The smallest absolute Gasteiger partial charge is 0.269 e. The molecular formula is C25H17ClN6OS2. The highest BCUT2D eigenvalue weighted by molar-refractivity contribution is 7.21. The number of carbonyl (C=O) groups excluding carboxylic acids is 1. The Morgan fingerprint density at radius 3 is 2.43 bits per heavy atom. The number of aryl methyl sites for hydroxylation is 1. The number of aromatic nitrogens is 2. The van der Waals surface area contributed by atoms with Gasteiger partial charge in [-0.25, -0.2) is 9.97 Å². The van der Waals surface area contributed by atoms with E-state index in [9.17, 15) is 10.1 Å². The van der Waals surface area contributed by atoms with Gasteiger partial charge in [-0.3, -0.25) is 10.1 Å². The molecule has 0 fully saturated rings.